The van der Waals surface area contributed by atoms with E-state index in [1.165, 1.54) is 6.08 Å². The van der Waals surface area contributed by atoms with E-state index in [0.717, 1.165) is 16.7 Å². The van der Waals surface area contributed by atoms with Gasteiger partial charge in [0.2, 0.25) is 0 Å². The van der Waals surface area contributed by atoms with Crippen molar-refractivity contribution in [1.29, 1.82) is 5.26 Å². The van der Waals surface area contributed by atoms with Crippen LogP contribution in [0.25, 0.3) is 6.08 Å². The summed E-state index contributed by atoms with van der Waals surface area (Å²) in [6, 6.07) is 18.7. The van der Waals surface area contributed by atoms with Gasteiger partial charge in [0.05, 0.1) is 8.95 Å². The molecule has 0 heterocycles. The molecule has 0 aliphatic heterocycles. The van der Waals surface area contributed by atoms with Crippen molar-refractivity contribution in [1.82, 2.24) is 0 Å². The average Bonchev–Trinajstić information content (AvgIpc) is 2.74. The highest BCUT2D eigenvalue weighted by atomic mass is 79.9. The number of hydrogen-bond donors (Lipinski definition) is 1. The summed E-state index contributed by atoms with van der Waals surface area (Å²) in [5.74, 6) is 0.131. The van der Waals surface area contributed by atoms with Crippen molar-refractivity contribution in [3.05, 3.63) is 96.4 Å². The lowest BCUT2D eigenvalue weighted by Crippen LogP contribution is -2.14. The number of benzene rings is 3. The molecule has 32 heavy (non-hydrogen) atoms. The van der Waals surface area contributed by atoms with Gasteiger partial charge in [-0.05, 0) is 87.2 Å². The zero-order valence-electron chi connectivity index (χ0n) is 17.4. The average molecular weight is 575 g/mol. The Labute approximate surface area is 209 Å². The molecule has 0 unspecified atom stereocenters. The van der Waals surface area contributed by atoms with Crippen LogP contribution < -0.4 is 10.1 Å². The van der Waals surface area contributed by atoms with E-state index in [1.807, 2.05) is 62.4 Å². The highest BCUT2D eigenvalue weighted by Crippen LogP contribution is 2.36. The van der Waals surface area contributed by atoms with Crippen molar-refractivity contribution in [3.8, 4) is 11.8 Å². The van der Waals surface area contributed by atoms with Crippen LogP contribution in [-0.4, -0.2) is 5.91 Å². The molecule has 0 aliphatic carbocycles. The fourth-order valence-corrected chi connectivity index (χ4v) is 4.67. The summed E-state index contributed by atoms with van der Waals surface area (Å²) < 4.78 is 7.28. The van der Waals surface area contributed by atoms with Gasteiger partial charge in [-0.25, -0.2) is 0 Å². The topological polar surface area (TPSA) is 62.1 Å². The minimum absolute atomic E-state index is 0.00601. The summed E-state index contributed by atoms with van der Waals surface area (Å²) in [5.41, 5.74) is 4.23. The Bertz CT molecular complexity index is 1230. The zero-order chi connectivity index (χ0) is 23.3. The van der Waals surface area contributed by atoms with Crippen molar-refractivity contribution in [2.45, 2.75) is 20.5 Å². The molecule has 4 nitrogen and oxygen atoms in total. The second-order valence-electron chi connectivity index (χ2n) is 7.14. The van der Waals surface area contributed by atoms with Gasteiger partial charge in [0.15, 0.2) is 0 Å². The number of nitriles is 1. The molecule has 0 fully saturated rings. The number of nitrogens with zero attached hydrogens (tertiary/aromatic N) is 1. The van der Waals surface area contributed by atoms with E-state index in [2.05, 4.69) is 37.2 Å². The highest BCUT2D eigenvalue weighted by molar-refractivity contribution is 9.11. The summed E-state index contributed by atoms with van der Waals surface area (Å²) >= 11 is 13.2. The molecular formula is C25H19Br2ClN2O2. The summed E-state index contributed by atoms with van der Waals surface area (Å²) in [4.78, 5) is 12.7. The van der Waals surface area contributed by atoms with E-state index < -0.39 is 5.91 Å². The standard InChI is InChI=1S/C25H19Br2ClN2O2/c1-15-7-8-23(16(2)9-15)30-25(31)19(13-29)10-17-11-20(26)24(21(27)12-17)32-14-18-5-3-4-6-22(18)28/h3-12H,14H2,1-2H3,(H,30,31)/b19-10+. The van der Waals surface area contributed by atoms with Crippen LogP contribution >= 0.6 is 43.5 Å². The van der Waals surface area contributed by atoms with Crippen molar-refractivity contribution in [2.75, 3.05) is 5.32 Å². The molecule has 0 bridgehead atoms. The second-order valence-corrected chi connectivity index (χ2v) is 9.25. The van der Waals surface area contributed by atoms with Gasteiger partial charge in [0.25, 0.3) is 5.91 Å². The maximum atomic E-state index is 12.7. The number of carbonyl (C=O) groups excluding carboxylic acids is 1. The third kappa shape index (κ3) is 6.01. The van der Waals surface area contributed by atoms with E-state index in [9.17, 15) is 10.1 Å². The molecule has 0 spiro atoms. The third-order valence-corrected chi connectivity index (χ3v) is 6.20. The van der Waals surface area contributed by atoms with Crippen molar-refractivity contribution in [3.63, 3.8) is 0 Å². The van der Waals surface area contributed by atoms with E-state index >= 15 is 0 Å². The fourth-order valence-electron chi connectivity index (χ4n) is 3.02. The SMILES string of the molecule is Cc1ccc(NC(=O)/C(C#N)=C/c2cc(Br)c(OCc3ccccc3Cl)c(Br)c2)c(C)c1. The molecule has 1 N–H and O–H groups in total. The first-order chi connectivity index (χ1) is 15.3. The van der Waals surface area contributed by atoms with Crippen LogP contribution in [0.1, 0.15) is 22.3 Å². The first-order valence-corrected chi connectivity index (χ1v) is 11.6. The molecule has 0 radical (unpaired) electrons. The second kappa shape index (κ2) is 10.8. The van der Waals surface area contributed by atoms with Crippen LogP contribution in [0.2, 0.25) is 5.02 Å². The smallest absolute Gasteiger partial charge is 0.266 e. The minimum atomic E-state index is -0.467. The summed E-state index contributed by atoms with van der Waals surface area (Å²) in [6.07, 6.45) is 1.53. The number of nitrogens with one attached hydrogen (secondary N) is 1. The lowest BCUT2D eigenvalue weighted by molar-refractivity contribution is -0.112. The minimum Gasteiger partial charge on any atom is -0.486 e. The molecule has 3 rings (SSSR count). The molecule has 3 aromatic carbocycles. The lowest BCUT2D eigenvalue weighted by atomic mass is 10.1. The number of amides is 1. The zero-order valence-corrected chi connectivity index (χ0v) is 21.3. The van der Waals surface area contributed by atoms with Crippen LogP contribution in [0.4, 0.5) is 5.69 Å². The Hall–Kier alpha value is -2.59. The van der Waals surface area contributed by atoms with Gasteiger partial charge in [0.1, 0.15) is 24.0 Å². The number of ether oxygens (including phenoxy) is 1. The first kappa shape index (κ1) is 24.1. The van der Waals surface area contributed by atoms with Gasteiger partial charge in [-0.2, -0.15) is 5.26 Å². The molecule has 0 aromatic heterocycles. The van der Waals surface area contributed by atoms with Gasteiger partial charge in [-0.3, -0.25) is 4.79 Å². The molecule has 1 amide bonds. The predicted molar refractivity (Wildman–Crippen MR) is 136 cm³/mol. The van der Waals surface area contributed by atoms with E-state index in [-0.39, 0.29) is 5.57 Å². The van der Waals surface area contributed by atoms with Crippen LogP contribution in [-0.2, 0) is 11.4 Å². The Balaban J connectivity index is 1.79. The van der Waals surface area contributed by atoms with E-state index in [1.54, 1.807) is 12.1 Å². The van der Waals surface area contributed by atoms with Crippen LogP contribution in [0.15, 0.2) is 69.1 Å². The van der Waals surface area contributed by atoms with Crippen LogP contribution in [0.5, 0.6) is 5.75 Å². The Morgan fingerprint density at radius 2 is 1.81 bits per heavy atom. The normalized spacial score (nSPS) is 11.1. The Kier molecular flexibility index (Phi) is 8.14. The predicted octanol–water partition coefficient (Wildman–Crippen LogP) is 7.61. The van der Waals surface area contributed by atoms with Gasteiger partial charge in [-0.15, -0.1) is 0 Å². The van der Waals surface area contributed by atoms with Crippen LogP contribution in [0.3, 0.4) is 0 Å². The summed E-state index contributed by atoms with van der Waals surface area (Å²) in [5, 5.41) is 13.0. The first-order valence-electron chi connectivity index (χ1n) is 9.64. The number of hydrogen-bond acceptors (Lipinski definition) is 3. The maximum Gasteiger partial charge on any atom is 0.266 e. The Morgan fingerprint density at radius 3 is 2.44 bits per heavy atom. The van der Waals surface area contributed by atoms with Crippen molar-refractivity contribution in [2.24, 2.45) is 0 Å². The lowest BCUT2D eigenvalue weighted by Gasteiger charge is -2.12. The largest absolute Gasteiger partial charge is 0.486 e. The van der Waals surface area contributed by atoms with Gasteiger partial charge in [-0.1, -0.05) is 47.5 Å². The number of halogens is 3. The van der Waals surface area contributed by atoms with Crippen LogP contribution in [0, 0.1) is 25.2 Å². The molecule has 0 aliphatic rings. The number of carbonyl (C=O) groups is 1. The fraction of sp³-hybridized carbons (Fsp3) is 0.120. The van der Waals surface area contributed by atoms with E-state index in [0.29, 0.717) is 37.6 Å². The summed E-state index contributed by atoms with van der Waals surface area (Å²) in [7, 11) is 0. The molecule has 0 atom stereocenters. The van der Waals surface area contributed by atoms with E-state index in [4.69, 9.17) is 16.3 Å². The monoisotopic (exact) mass is 572 g/mol. The number of anilines is 1. The highest BCUT2D eigenvalue weighted by Gasteiger charge is 2.14. The maximum absolute atomic E-state index is 12.7. The van der Waals surface area contributed by atoms with Crippen molar-refractivity contribution >= 4 is 61.1 Å². The third-order valence-electron chi connectivity index (χ3n) is 4.66. The molecule has 0 saturated heterocycles. The number of rotatable bonds is 6. The molecule has 3 aromatic rings. The molecule has 0 saturated carbocycles. The quantitative estimate of drug-likeness (QED) is 0.244. The Morgan fingerprint density at radius 1 is 1.12 bits per heavy atom. The number of aryl methyl sites for hydroxylation is 2. The molecule has 162 valence electrons. The van der Waals surface area contributed by atoms with Gasteiger partial charge in [0, 0.05) is 16.3 Å². The molecule has 7 heteroatoms. The van der Waals surface area contributed by atoms with Gasteiger partial charge >= 0.3 is 0 Å². The van der Waals surface area contributed by atoms with Gasteiger partial charge < -0.3 is 10.1 Å². The summed E-state index contributed by atoms with van der Waals surface area (Å²) in [6.45, 7) is 4.19. The molecular weight excluding hydrogens is 556 g/mol. The van der Waals surface area contributed by atoms with Crippen molar-refractivity contribution < 1.29 is 9.53 Å².